The number of rotatable bonds is 3. The van der Waals surface area contributed by atoms with Crippen LogP contribution in [0.5, 0.6) is 0 Å². The molecule has 0 heterocycles. The van der Waals surface area contributed by atoms with Crippen molar-refractivity contribution in [1.82, 2.24) is 5.32 Å². The number of amides is 1. The van der Waals surface area contributed by atoms with Crippen LogP contribution in [0, 0.1) is 0 Å². The minimum absolute atomic E-state index is 0.180. The Balaban J connectivity index is 4.02. The fraction of sp³-hybridized carbons (Fsp3) is 0.200. The van der Waals surface area contributed by atoms with E-state index >= 15 is 0 Å². The van der Waals surface area contributed by atoms with Crippen molar-refractivity contribution >= 4 is 21.2 Å². The average molecular weight is 176 g/mol. The Bertz CT molecular complexity index is 283. The fourth-order valence-corrected chi connectivity index (χ4v) is 0.495. The van der Waals surface area contributed by atoms with Crippen molar-refractivity contribution in [3.63, 3.8) is 0 Å². The van der Waals surface area contributed by atoms with Gasteiger partial charge in [0.1, 0.15) is 4.99 Å². The standard InChI is InChI=1S/C5H8N2O3S/c1-2-5(8)7-3-4(6)11(9)10/h2H,1,3,6H2,(H,7,8). The molecule has 0 bridgehead atoms. The van der Waals surface area contributed by atoms with Gasteiger partial charge < -0.3 is 5.32 Å². The molecule has 0 aromatic carbocycles. The summed E-state index contributed by atoms with van der Waals surface area (Å²) >= 11 is 0. The molecule has 3 N–H and O–H groups in total. The molecule has 0 aromatic heterocycles. The molecule has 0 fully saturated rings. The Morgan fingerprint density at radius 2 is 2.18 bits per heavy atom. The first-order valence-corrected chi connectivity index (χ1v) is 3.76. The maximum Gasteiger partial charge on any atom is 0.243 e. The molecule has 0 aromatic rings. The zero-order valence-electron chi connectivity index (χ0n) is 5.70. The van der Waals surface area contributed by atoms with Gasteiger partial charge >= 0.3 is 0 Å². The van der Waals surface area contributed by atoms with Gasteiger partial charge in [0.2, 0.25) is 16.2 Å². The zero-order chi connectivity index (χ0) is 8.85. The van der Waals surface area contributed by atoms with Gasteiger partial charge in [-0.15, -0.1) is 0 Å². The predicted octanol–water partition coefficient (Wildman–Crippen LogP) is -1.74. The van der Waals surface area contributed by atoms with Gasteiger partial charge in [-0.1, -0.05) is 6.58 Å². The third kappa shape index (κ3) is 4.29. The molecule has 0 saturated heterocycles. The summed E-state index contributed by atoms with van der Waals surface area (Å²) in [6.07, 6.45) is 1.03. The Kier molecular flexibility index (Phi) is 4.16. The highest BCUT2D eigenvalue weighted by atomic mass is 32.2. The van der Waals surface area contributed by atoms with Crippen molar-refractivity contribution in [2.45, 2.75) is 0 Å². The first kappa shape index (κ1) is 9.86. The molecule has 1 amide bonds. The minimum Gasteiger partial charge on any atom is -0.346 e. The smallest absolute Gasteiger partial charge is 0.243 e. The van der Waals surface area contributed by atoms with E-state index in [1.54, 1.807) is 0 Å². The van der Waals surface area contributed by atoms with Crippen LogP contribution in [0.2, 0.25) is 0 Å². The highest BCUT2D eigenvalue weighted by molar-refractivity contribution is 7.72. The third-order valence-corrected chi connectivity index (χ3v) is 1.41. The van der Waals surface area contributed by atoms with Gasteiger partial charge in [0, 0.05) is 0 Å². The van der Waals surface area contributed by atoms with Gasteiger partial charge in [-0.25, -0.2) is 0 Å². The summed E-state index contributed by atoms with van der Waals surface area (Å²) in [5.74, 6) is -0.460. The Morgan fingerprint density at radius 1 is 1.64 bits per heavy atom. The molecular formula is C5H8N2O3S. The molecule has 0 aliphatic rings. The van der Waals surface area contributed by atoms with Crippen molar-refractivity contribution in [2.24, 2.45) is 5.73 Å². The summed E-state index contributed by atoms with van der Waals surface area (Å²) in [6.45, 7) is 2.99. The fourth-order valence-electron chi connectivity index (χ4n) is 0.305. The van der Waals surface area contributed by atoms with Gasteiger partial charge in [-0.05, 0) is 6.08 Å². The third-order valence-electron chi connectivity index (χ3n) is 0.836. The molecule has 0 aliphatic heterocycles. The molecule has 0 aliphatic carbocycles. The second-order valence-electron chi connectivity index (χ2n) is 1.62. The number of carbonyl (C=O) groups is 1. The molecule has 0 saturated carbocycles. The summed E-state index contributed by atoms with van der Waals surface area (Å²) in [5, 5.41) is 2.20. The Labute approximate surface area is 65.4 Å². The second kappa shape index (κ2) is 4.64. The van der Waals surface area contributed by atoms with Crippen LogP contribution >= 0.6 is 0 Å². The van der Waals surface area contributed by atoms with Crippen LogP contribution in [-0.4, -0.2) is 25.9 Å². The molecule has 0 radical (unpaired) electrons. The van der Waals surface area contributed by atoms with Gasteiger partial charge in [0.15, 0.2) is 0 Å². The van der Waals surface area contributed by atoms with E-state index in [2.05, 4.69) is 11.9 Å². The number of nitrogens with one attached hydrogen (secondary N) is 1. The minimum atomic E-state index is -2.43. The zero-order valence-corrected chi connectivity index (χ0v) is 6.52. The highest BCUT2D eigenvalue weighted by Crippen LogP contribution is 1.65. The Hall–Kier alpha value is -1.14. The molecule has 0 spiro atoms. The lowest BCUT2D eigenvalue weighted by molar-refractivity contribution is -0.116. The van der Waals surface area contributed by atoms with Crippen molar-refractivity contribution in [2.75, 3.05) is 6.54 Å². The number of nitrogens with two attached hydrogens (primary N) is 1. The second-order valence-corrected chi connectivity index (χ2v) is 2.62. The van der Waals surface area contributed by atoms with E-state index in [1.807, 2.05) is 0 Å². The molecular weight excluding hydrogens is 168 g/mol. The van der Waals surface area contributed by atoms with E-state index in [1.165, 1.54) is 0 Å². The van der Waals surface area contributed by atoms with Crippen molar-refractivity contribution < 1.29 is 13.2 Å². The van der Waals surface area contributed by atoms with Crippen LogP contribution in [0.25, 0.3) is 0 Å². The first-order chi connectivity index (χ1) is 5.07. The molecule has 6 heteroatoms. The van der Waals surface area contributed by atoms with E-state index in [0.717, 1.165) is 6.08 Å². The van der Waals surface area contributed by atoms with Gasteiger partial charge in [0.25, 0.3) is 0 Å². The summed E-state index contributed by atoms with van der Waals surface area (Å²) in [7, 11) is -2.43. The summed E-state index contributed by atoms with van der Waals surface area (Å²) in [4.78, 5) is 10.1. The van der Waals surface area contributed by atoms with E-state index in [-0.39, 0.29) is 11.5 Å². The lowest BCUT2D eigenvalue weighted by atomic mass is 10.5. The van der Waals surface area contributed by atoms with Gasteiger partial charge in [-0.3, -0.25) is 10.5 Å². The normalized spacial score (nSPS) is 8.45. The number of hydrogen-bond donors (Lipinski definition) is 2. The quantitative estimate of drug-likeness (QED) is 0.394. The van der Waals surface area contributed by atoms with Crippen LogP contribution in [0.4, 0.5) is 0 Å². The molecule has 0 atom stereocenters. The van der Waals surface area contributed by atoms with Crippen LogP contribution in [-0.2, 0) is 15.1 Å². The summed E-state index contributed by atoms with van der Waals surface area (Å²) in [6, 6.07) is 0. The van der Waals surface area contributed by atoms with E-state index in [9.17, 15) is 13.2 Å². The van der Waals surface area contributed by atoms with Crippen LogP contribution in [0.3, 0.4) is 0 Å². The number of carbonyl (C=O) groups excluding carboxylic acids is 1. The van der Waals surface area contributed by atoms with Crippen LogP contribution in [0.15, 0.2) is 12.7 Å². The van der Waals surface area contributed by atoms with Crippen LogP contribution in [0.1, 0.15) is 0 Å². The van der Waals surface area contributed by atoms with E-state index in [4.69, 9.17) is 5.73 Å². The topological polar surface area (TPSA) is 89.3 Å². The largest absolute Gasteiger partial charge is 0.346 e. The lowest BCUT2D eigenvalue weighted by Crippen LogP contribution is -2.32. The maximum atomic E-state index is 10.4. The van der Waals surface area contributed by atoms with Gasteiger partial charge in [0.05, 0.1) is 6.54 Å². The summed E-state index contributed by atoms with van der Waals surface area (Å²) in [5.41, 5.74) is 4.97. The monoisotopic (exact) mass is 176 g/mol. The molecule has 0 unspecified atom stereocenters. The van der Waals surface area contributed by atoms with Crippen molar-refractivity contribution in [3.05, 3.63) is 12.7 Å². The first-order valence-electron chi connectivity index (χ1n) is 2.68. The van der Waals surface area contributed by atoms with Crippen molar-refractivity contribution in [3.8, 4) is 0 Å². The average Bonchev–Trinajstić information content (AvgIpc) is 1.99. The van der Waals surface area contributed by atoms with E-state index in [0.29, 0.717) is 0 Å². The molecule has 11 heavy (non-hydrogen) atoms. The SMILES string of the molecule is C=CC(=O)NCC(N)=S(=O)=O. The molecule has 0 rings (SSSR count). The maximum absolute atomic E-state index is 10.4. The highest BCUT2D eigenvalue weighted by Gasteiger charge is 1.95. The Morgan fingerprint density at radius 3 is 2.55 bits per heavy atom. The van der Waals surface area contributed by atoms with Crippen LogP contribution < -0.4 is 11.1 Å². The predicted molar refractivity (Wildman–Crippen MR) is 41.3 cm³/mol. The molecule has 5 nitrogen and oxygen atoms in total. The van der Waals surface area contributed by atoms with E-state index < -0.39 is 16.2 Å². The lowest BCUT2D eigenvalue weighted by Gasteiger charge is -1.96. The molecule has 62 valence electrons. The summed E-state index contributed by atoms with van der Waals surface area (Å²) < 4.78 is 20.1. The van der Waals surface area contributed by atoms with Crippen molar-refractivity contribution in [1.29, 1.82) is 0 Å². The number of hydrogen-bond acceptors (Lipinski definition) is 3. The van der Waals surface area contributed by atoms with Gasteiger partial charge in [-0.2, -0.15) is 8.42 Å².